The molecule has 1 saturated carbocycles. The summed E-state index contributed by atoms with van der Waals surface area (Å²) in [5.74, 6) is 1.15. The number of hydrogen-bond acceptors (Lipinski definition) is 4. The second-order valence-corrected chi connectivity index (χ2v) is 9.42. The Kier molecular flexibility index (Phi) is 5.61. The first-order valence-electron chi connectivity index (χ1n) is 10.0. The van der Waals surface area contributed by atoms with E-state index in [9.17, 15) is 13.2 Å². The topological polar surface area (TPSA) is 75.7 Å². The fraction of sp³-hybridized carbons (Fsp3) is 0.409. The first-order valence-corrected chi connectivity index (χ1v) is 11.5. The van der Waals surface area contributed by atoms with Gasteiger partial charge in [-0.25, -0.2) is 13.1 Å². The Hall–Kier alpha value is -2.38. The molecule has 2 aliphatic rings. The van der Waals surface area contributed by atoms with Crippen LogP contribution in [0.4, 0.5) is 5.69 Å². The van der Waals surface area contributed by atoms with Crippen LogP contribution in [0.3, 0.4) is 0 Å². The van der Waals surface area contributed by atoms with Crippen LogP contribution in [0.5, 0.6) is 5.75 Å². The fourth-order valence-electron chi connectivity index (χ4n) is 3.70. The van der Waals surface area contributed by atoms with Gasteiger partial charge in [-0.3, -0.25) is 4.79 Å². The standard InChI is InChI=1S/C22H26N2O4S/c1-28-19-8-4-16(5-9-19)3-2-13-23-29(26,27)20-10-11-21-18(15-20)12-14-24(21)22(25)17-6-7-17/h4-5,8-11,15,17,23H,2-3,6-7,12-14H2,1H3. The lowest BCUT2D eigenvalue weighted by Crippen LogP contribution is -2.30. The number of rotatable bonds is 8. The molecule has 2 aromatic rings. The molecule has 0 saturated heterocycles. The average molecular weight is 415 g/mol. The zero-order chi connectivity index (χ0) is 20.4. The third-order valence-corrected chi connectivity index (χ3v) is 7.00. The summed E-state index contributed by atoms with van der Waals surface area (Å²) in [4.78, 5) is 14.4. The van der Waals surface area contributed by atoms with Gasteiger partial charge in [0.05, 0.1) is 12.0 Å². The van der Waals surface area contributed by atoms with E-state index in [1.807, 2.05) is 29.2 Å². The van der Waals surface area contributed by atoms with Crippen LogP contribution in [-0.2, 0) is 27.7 Å². The first-order chi connectivity index (χ1) is 14.0. The summed E-state index contributed by atoms with van der Waals surface area (Å²) in [5, 5.41) is 0. The molecule has 1 heterocycles. The quantitative estimate of drug-likeness (QED) is 0.674. The van der Waals surface area contributed by atoms with Crippen LogP contribution < -0.4 is 14.4 Å². The number of methoxy groups -OCH3 is 1. The average Bonchev–Trinajstić information content (AvgIpc) is 3.50. The number of carbonyl (C=O) groups is 1. The number of carbonyl (C=O) groups excluding carboxylic acids is 1. The summed E-state index contributed by atoms with van der Waals surface area (Å²) in [6.07, 6.45) is 4.14. The van der Waals surface area contributed by atoms with E-state index < -0.39 is 10.0 Å². The van der Waals surface area contributed by atoms with Crippen LogP contribution >= 0.6 is 0 Å². The molecule has 1 fully saturated rings. The highest BCUT2D eigenvalue weighted by molar-refractivity contribution is 7.89. The minimum absolute atomic E-state index is 0.164. The second kappa shape index (κ2) is 8.16. The number of benzene rings is 2. The van der Waals surface area contributed by atoms with Crippen molar-refractivity contribution in [3.8, 4) is 5.75 Å². The molecule has 0 atom stereocenters. The molecule has 1 aliphatic heterocycles. The molecular formula is C22H26N2O4S. The molecule has 2 aromatic carbocycles. The summed E-state index contributed by atoms with van der Waals surface area (Å²) in [6, 6.07) is 12.9. The Bertz CT molecular complexity index is 998. The smallest absolute Gasteiger partial charge is 0.240 e. The number of sulfonamides is 1. The maximum absolute atomic E-state index is 12.7. The van der Waals surface area contributed by atoms with Crippen molar-refractivity contribution in [2.75, 3.05) is 25.1 Å². The highest BCUT2D eigenvalue weighted by Crippen LogP contribution is 2.37. The van der Waals surface area contributed by atoms with Crippen molar-refractivity contribution in [2.24, 2.45) is 5.92 Å². The minimum atomic E-state index is -3.56. The van der Waals surface area contributed by atoms with E-state index in [1.54, 1.807) is 25.3 Å². The lowest BCUT2D eigenvalue weighted by Gasteiger charge is -2.17. The van der Waals surface area contributed by atoms with Gasteiger partial charge >= 0.3 is 0 Å². The van der Waals surface area contributed by atoms with Crippen LogP contribution in [0.1, 0.15) is 30.4 Å². The summed E-state index contributed by atoms with van der Waals surface area (Å²) in [7, 11) is -1.93. The summed E-state index contributed by atoms with van der Waals surface area (Å²) >= 11 is 0. The maximum atomic E-state index is 12.7. The number of nitrogens with zero attached hydrogens (tertiary/aromatic N) is 1. The van der Waals surface area contributed by atoms with Crippen molar-refractivity contribution in [1.82, 2.24) is 4.72 Å². The summed E-state index contributed by atoms with van der Waals surface area (Å²) in [5.41, 5.74) is 2.93. The monoisotopic (exact) mass is 414 g/mol. The van der Waals surface area contributed by atoms with Gasteiger partial charge in [0.25, 0.3) is 0 Å². The van der Waals surface area contributed by atoms with E-state index in [2.05, 4.69) is 4.72 Å². The molecule has 4 rings (SSSR count). The molecule has 7 heteroatoms. The second-order valence-electron chi connectivity index (χ2n) is 7.65. The predicted octanol–water partition coefficient (Wildman–Crippen LogP) is 2.91. The Morgan fingerprint density at radius 1 is 1.17 bits per heavy atom. The summed E-state index contributed by atoms with van der Waals surface area (Å²) in [6.45, 7) is 1.02. The third-order valence-electron chi connectivity index (χ3n) is 5.54. The van der Waals surface area contributed by atoms with Crippen LogP contribution in [0, 0.1) is 5.92 Å². The number of amides is 1. The lowest BCUT2D eigenvalue weighted by atomic mass is 10.1. The molecule has 6 nitrogen and oxygen atoms in total. The minimum Gasteiger partial charge on any atom is -0.497 e. The Labute approximate surface area is 171 Å². The molecule has 0 aromatic heterocycles. The van der Waals surface area contributed by atoms with E-state index in [0.29, 0.717) is 25.9 Å². The van der Waals surface area contributed by atoms with Crippen molar-refractivity contribution in [3.63, 3.8) is 0 Å². The largest absolute Gasteiger partial charge is 0.497 e. The molecule has 29 heavy (non-hydrogen) atoms. The van der Waals surface area contributed by atoms with Gasteiger partial charge in [0.15, 0.2) is 0 Å². The zero-order valence-corrected chi connectivity index (χ0v) is 17.4. The van der Waals surface area contributed by atoms with E-state index in [1.165, 1.54) is 0 Å². The SMILES string of the molecule is COc1ccc(CCCNS(=O)(=O)c2ccc3c(c2)CCN3C(=O)C2CC2)cc1. The number of anilines is 1. The van der Waals surface area contributed by atoms with Crippen LogP contribution in [0.15, 0.2) is 47.4 Å². The zero-order valence-electron chi connectivity index (χ0n) is 16.6. The normalized spacial score (nSPS) is 16.0. The van der Waals surface area contributed by atoms with Crippen LogP contribution in [-0.4, -0.2) is 34.5 Å². The van der Waals surface area contributed by atoms with Gasteiger partial charge in [0, 0.05) is 24.7 Å². The van der Waals surface area contributed by atoms with Crippen molar-refractivity contribution in [2.45, 2.75) is 37.0 Å². The molecule has 154 valence electrons. The third kappa shape index (κ3) is 4.46. The highest BCUT2D eigenvalue weighted by atomic mass is 32.2. The molecular weight excluding hydrogens is 388 g/mol. The number of fused-ring (bicyclic) bond motifs is 1. The van der Waals surface area contributed by atoms with Crippen LogP contribution in [0.2, 0.25) is 0 Å². The van der Waals surface area contributed by atoms with Gasteiger partial charge in [-0.1, -0.05) is 12.1 Å². The number of hydrogen-bond donors (Lipinski definition) is 1. The Morgan fingerprint density at radius 3 is 2.62 bits per heavy atom. The van der Waals surface area contributed by atoms with Crippen molar-refractivity contribution >= 4 is 21.6 Å². The number of ether oxygens (including phenoxy) is 1. The van der Waals surface area contributed by atoms with E-state index in [0.717, 1.165) is 41.8 Å². The molecule has 1 aliphatic carbocycles. The fourth-order valence-corrected chi connectivity index (χ4v) is 4.82. The molecule has 1 N–H and O–H groups in total. The molecule has 0 radical (unpaired) electrons. The Morgan fingerprint density at radius 2 is 1.93 bits per heavy atom. The Balaban J connectivity index is 1.34. The van der Waals surface area contributed by atoms with Gasteiger partial charge in [-0.15, -0.1) is 0 Å². The van der Waals surface area contributed by atoms with Crippen LogP contribution in [0.25, 0.3) is 0 Å². The predicted molar refractivity (Wildman–Crippen MR) is 112 cm³/mol. The maximum Gasteiger partial charge on any atom is 0.240 e. The first kappa shape index (κ1) is 19.9. The van der Waals surface area contributed by atoms with Gasteiger partial charge in [-0.05, 0) is 73.6 Å². The van der Waals surface area contributed by atoms with Gasteiger partial charge < -0.3 is 9.64 Å². The van der Waals surface area contributed by atoms with E-state index in [4.69, 9.17) is 4.74 Å². The molecule has 1 amide bonds. The lowest BCUT2D eigenvalue weighted by molar-refractivity contribution is -0.119. The molecule has 0 unspecified atom stereocenters. The van der Waals surface area contributed by atoms with Gasteiger partial charge in [0.2, 0.25) is 15.9 Å². The highest BCUT2D eigenvalue weighted by Gasteiger charge is 2.36. The number of nitrogens with one attached hydrogen (secondary N) is 1. The summed E-state index contributed by atoms with van der Waals surface area (Å²) < 4.78 is 33.1. The molecule has 0 bridgehead atoms. The molecule has 0 spiro atoms. The van der Waals surface area contributed by atoms with Crippen molar-refractivity contribution < 1.29 is 17.9 Å². The van der Waals surface area contributed by atoms with Gasteiger partial charge in [-0.2, -0.15) is 0 Å². The van der Waals surface area contributed by atoms with Crippen molar-refractivity contribution in [3.05, 3.63) is 53.6 Å². The van der Waals surface area contributed by atoms with E-state index in [-0.39, 0.29) is 16.7 Å². The van der Waals surface area contributed by atoms with E-state index >= 15 is 0 Å². The number of aryl methyl sites for hydroxylation is 1. The van der Waals surface area contributed by atoms with Crippen molar-refractivity contribution in [1.29, 1.82) is 0 Å². The van der Waals surface area contributed by atoms with Gasteiger partial charge in [0.1, 0.15) is 5.75 Å².